The van der Waals surface area contributed by atoms with Crippen LogP contribution in [0.15, 0.2) is 42.5 Å². The Morgan fingerprint density at radius 3 is 2.26 bits per heavy atom. The van der Waals surface area contributed by atoms with Crippen LogP contribution in [0.1, 0.15) is 0 Å². The van der Waals surface area contributed by atoms with Crippen LogP contribution in [-0.2, 0) is 4.79 Å². The van der Waals surface area contributed by atoms with E-state index in [-0.39, 0.29) is 28.0 Å². The van der Waals surface area contributed by atoms with Gasteiger partial charge in [-0.2, -0.15) is 0 Å². The molecule has 8 heteroatoms. The monoisotopic (exact) mass is 355 g/mol. The summed E-state index contributed by atoms with van der Waals surface area (Å²) in [6, 6.07) is 9.81. The molecule has 0 radical (unpaired) electrons. The molecule has 2 aromatic rings. The van der Waals surface area contributed by atoms with Gasteiger partial charge in [0.25, 0.3) is 0 Å². The number of para-hydroxylation sites is 2. The molecule has 2 rings (SSSR count). The quantitative estimate of drug-likeness (QED) is 0.778. The van der Waals surface area contributed by atoms with E-state index in [1.165, 1.54) is 18.2 Å². The Labute approximate surface area is 141 Å². The molecule has 5 nitrogen and oxygen atoms in total. The molecule has 0 saturated heterocycles. The van der Waals surface area contributed by atoms with E-state index < -0.39 is 17.8 Å². The van der Waals surface area contributed by atoms with E-state index in [2.05, 4.69) is 16.0 Å². The number of carbonyl (C=O) groups is 2. The fraction of sp³-hybridized carbons (Fsp3) is 0.0667. The summed E-state index contributed by atoms with van der Waals surface area (Å²) in [6.07, 6.45) is 0. The van der Waals surface area contributed by atoms with Gasteiger partial charge < -0.3 is 16.0 Å². The molecule has 120 valence electrons. The molecule has 0 fully saturated rings. The van der Waals surface area contributed by atoms with Crippen molar-refractivity contribution in [1.29, 1.82) is 0 Å². The highest BCUT2D eigenvalue weighted by Crippen LogP contribution is 2.29. The van der Waals surface area contributed by atoms with E-state index in [0.29, 0.717) is 0 Å². The summed E-state index contributed by atoms with van der Waals surface area (Å²) < 4.78 is 13.4. The average Bonchev–Trinajstić information content (AvgIpc) is 2.51. The van der Waals surface area contributed by atoms with Crippen LogP contribution in [0.5, 0.6) is 0 Å². The molecule has 0 unspecified atom stereocenters. The second kappa shape index (κ2) is 7.80. The molecule has 0 aliphatic carbocycles. The number of amides is 3. The smallest absolute Gasteiger partial charge is 0.319 e. The first kappa shape index (κ1) is 17.1. The van der Waals surface area contributed by atoms with Crippen molar-refractivity contribution in [2.24, 2.45) is 0 Å². The van der Waals surface area contributed by atoms with Gasteiger partial charge in [0, 0.05) is 0 Å². The average molecular weight is 356 g/mol. The topological polar surface area (TPSA) is 70.2 Å². The van der Waals surface area contributed by atoms with Crippen molar-refractivity contribution in [1.82, 2.24) is 5.32 Å². The van der Waals surface area contributed by atoms with Gasteiger partial charge in [-0.3, -0.25) is 4.79 Å². The van der Waals surface area contributed by atoms with Gasteiger partial charge in [0.15, 0.2) is 0 Å². The minimum Gasteiger partial charge on any atom is -0.329 e. The van der Waals surface area contributed by atoms with Crippen LogP contribution in [-0.4, -0.2) is 18.5 Å². The maximum absolute atomic E-state index is 13.4. The Morgan fingerprint density at radius 2 is 1.61 bits per heavy atom. The van der Waals surface area contributed by atoms with Crippen molar-refractivity contribution < 1.29 is 14.0 Å². The number of urea groups is 1. The predicted octanol–water partition coefficient (Wildman–Crippen LogP) is 3.89. The lowest BCUT2D eigenvalue weighted by Crippen LogP contribution is -2.36. The van der Waals surface area contributed by atoms with Gasteiger partial charge in [-0.05, 0) is 24.3 Å². The van der Waals surface area contributed by atoms with E-state index in [1.807, 2.05) is 0 Å². The Balaban J connectivity index is 1.87. The van der Waals surface area contributed by atoms with Gasteiger partial charge in [0.1, 0.15) is 5.82 Å². The SMILES string of the molecule is O=C(CNC(=O)Nc1c(Cl)cccc1Cl)Nc1ccccc1F. The number of hydrogen-bond acceptors (Lipinski definition) is 2. The van der Waals surface area contributed by atoms with Crippen molar-refractivity contribution in [2.45, 2.75) is 0 Å². The number of benzene rings is 2. The van der Waals surface area contributed by atoms with Crippen LogP contribution in [0.3, 0.4) is 0 Å². The van der Waals surface area contributed by atoms with Crippen molar-refractivity contribution in [3.8, 4) is 0 Å². The Morgan fingerprint density at radius 1 is 0.957 bits per heavy atom. The fourth-order valence-electron chi connectivity index (χ4n) is 1.69. The first-order valence-corrected chi connectivity index (χ1v) is 7.26. The van der Waals surface area contributed by atoms with Gasteiger partial charge in [0.05, 0.1) is 28.0 Å². The van der Waals surface area contributed by atoms with Crippen LogP contribution in [0, 0.1) is 5.82 Å². The molecule has 0 aromatic heterocycles. The highest BCUT2D eigenvalue weighted by Gasteiger charge is 2.11. The van der Waals surface area contributed by atoms with E-state index in [4.69, 9.17) is 23.2 Å². The Kier molecular flexibility index (Phi) is 5.78. The summed E-state index contributed by atoms with van der Waals surface area (Å²) in [5, 5.41) is 7.64. The summed E-state index contributed by atoms with van der Waals surface area (Å²) in [7, 11) is 0. The molecule has 2 aromatic carbocycles. The maximum atomic E-state index is 13.4. The molecule has 0 spiro atoms. The fourth-order valence-corrected chi connectivity index (χ4v) is 2.18. The van der Waals surface area contributed by atoms with E-state index in [1.54, 1.807) is 24.3 Å². The van der Waals surface area contributed by atoms with Crippen LogP contribution < -0.4 is 16.0 Å². The molecule has 23 heavy (non-hydrogen) atoms. The lowest BCUT2D eigenvalue weighted by Gasteiger charge is -2.11. The van der Waals surface area contributed by atoms with Gasteiger partial charge in [-0.25, -0.2) is 9.18 Å². The Bertz CT molecular complexity index is 720. The summed E-state index contributed by atoms with van der Waals surface area (Å²) >= 11 is 11.8. The summed E-state index contributed by atoms with van der Waals surface area (Å²) in [6.45, 7) is -0.345. The van der Waals surface area contributed by atoms with Crippen LogP contribution in [0.2, 0.25) is 10.0 Å². The van der Waals surface area contributed by atoms with E-state index in [9.17, 15) is 14.0 Å². The van der Waals surface area contributed by atoms with Crippen LogP contribution in [0.25, 0.3) is 0 Å². The zero-order valence-electron chi connectivity index (χ0n) is 11.7. The standard InChI is InChI=1S/C15H12Cl2FN3O2/c16-9-4-3-5-10(17)14(9)21-15(23)19-8-13(22)20-12-7-2-1-6-11(12)18/h1-7H,8H2,(H,20,22)(H2,19,21,23). The number of carbonyl (C=O) groups excluding carboxylic acids is 2. The number of rotatable bonds is 4. The molecule has 0 atom stereocenters. The zero-order valence-corrected chi connectivity index (χ0v) is 13.2. The van der Waals surface area contributed by atoms with E-state index in [0.717, 1.165) is 0 Å². The first-order chi connectivity index (χ1) is 11.0. The Hall–Kier alpha value is -2.31. The third-order valence-electron chi connectivity index (χ3n) is 2.76. The molecule has 0 bridgehead atoms. The van der Waals surface area contributed by atoms with Crippen LogP contribution in [0.4, 0.5) is 20.6 Å². The molecule has 0 aliphatic heterocycles. The van der Waals surface area contributed by atoms with Crippen LogP contribution >= 0.6 is 23.2 Å². The second-order valence-corrected chi connectivity index (χ2v) is 5.25. The summed E-state index contributed by atoms with van der Waals surface area (Å²) in [4.78, 5) is 23.4. The number of nitrogens with one attached hydrogen (secondary N) is 3. The normalized spacial score (nSPS) is 10.0. The molecule has 0 saturated carbocycles. The minimum absolute atomic E-state index is 0.0360. The van der Waals surface area contributed by atoms with Gasteiger partial charge >= 0.3 is 6.03 Å². The predicted molar refractivity (Wildman–Crippen MR) is 88.5 cm³/mol. The molecular weight excluding hydrogens is 344 g/mol. The summed E-state index contributed by atoms with van der Waals surface area (Å²) in [5.41, 5.74) is 0.275. The van der Waals surface area contributed by atoms with Crippen molar-refractivity contribution in [3.63, 3.8) is 0 Å². The van der Waals surface area contributed by atoms with Crippen molar-refractivity contribution in [3.05, 3.63) is 58.3 Å². The highest BCUT2D eigenvalue weighted by molar-refractivity contribution is 6.39. The van der Waals surface area contributed by atoms with Gasteiger partial charge in [-0.1, -0.05) is 41.4 Å². The lowest BCUT2D eigenvalue weighted by molar-refractivity contribution is -0.115. The maximum Gasteiger partial charge on any atom is 0.319 e. The number of anilines is 2. The molecule has 3 N–H and O–H groups in total. The molecular formula is C15H12Cl2FN3O2. The molecule has 0 aliphatic rings. The molecule has 3 amide bonds. The van der Waals surface area contributed by atoms with Gasteiger partial charge in [0.2, 0.25) is 5.91 Å². The number of halogens is 3. The third kappa shape index (κ3) is 4.84. The highest BCUT2D eigenvalue weighted by atomic mass is 35.5. The van der Waals surface area contributed by atoms with E-state index >= 15 is 0 Å². The largest absolute Gasteiger partial charge is 0.329 e. The second-order valence-electron chi connectivity index (χ2n) is 4.43. The van der Waals surface area contributed by atoms with Crippen molar-refractivity contribution >= 4 is 46.5 Å². The zero-order chi connectivity index (χ0) is 16.8. The lowest BCUT2D eigenvalue weighted by atomic mass is 10.3. The third-order valence-corrected chi connectivity index (χ3v) is 3.39. The first-order valence-electron chi connectivity index (χ1n) is 6.50. The minimum atomic E-state index is -0.663. The number of hydrogen-bond donors (Lipinski definition) is 3. The van der Waals surface area contributed by atoms with Gasteiger partial charge in [-0.15, -0.1) is 0 Å². The summed E-state index contributed by atoms with van der Waals surface area (Å²) in [5.74, 6) is -1.14. The van der Waals surface area contributed by atoms with Crippen molar-refractivity contribution in [2.75, 3.05) is 17.2 Å². The molecule has 0 heterocycles.